The van der Waals surface area contributed by atoms with Gasteiger partial charge in [-0.15, -0.1) is 12.4 Å². The quantitative estimate of drug-likeness (QED) is 0.419. The Labute approximate surface area is 195 Å². The number of benzene rings is 2. The molecule has 9 heteroatoms. The average molecular weight is 515 g/mol. The molecule has 1 heterocycles. The zero-order valence-corrected chi connectivity index (χ0v) is 20.6. The standard InChI is InChI=1S/C21H24BrN3O3S.ClH/c1-24(2)12-5-13-25(20(26)14-6-8-15(22)9-7-14)21-23-18-16(27-3)10-11-17(28-4)19(18)29-21;/h6-11H,5,12-13H2,1-4H3;1H. The predicted octanol–water partition coefficient (Wildman–Crippen LogP) is 5.10. The van der Waals surface area contributed by atoms with E-state index in [0.29, 0.717) is 34.3 Å². The van der Waals surface area contributed by atoms with Crippen LogP contribution in [0.4, 0.5) is 5.13 Å². The number of fused-ring (bicyclic) bond motifs is 1. The molecule has 0 saturated carbocycles. The lowest BCUT2D eigenvalue weighted by molar-refractivity contribution is 0.0986. The van der Waals surface area contributed by atoms with Gasteiger partial charge in [-0.05, 0) is 63.5 Å². The summed E-state index contributed by atoms with van der Waals surface area (Å²) in [5.41, 5.74) is 1.32. The lowest BCUT2D eigenvalue weighted by Gasteiger charge is -2.21. The third-order valence-corrected chi connectivity index (χ3v) is 6.07. The molecule has 6 nitrogen and oxygen atoms in total. The molecule has 0 aliphatic heterocycles. The monoisotopic (exact) mass is 513 g/mol. The molecule has 2 aromatic carbocycles. The number of carbonyl (C=O) groups excluding carboxylic acids is 1. The lowest BCUT2D eigenvalue weighted by atomic mass is 10.2. The van der Waals surface area contributed by atoms with Crippen LogP contribution in [0.1, 0.15) is 16.8 Å². The smallest absolute Gasteiger partial charge is 0.260 e. The molecule has 0 fully saturated rings. The first-order valence-corrected chi connectivity index (χ1v) is 10.8. The van der Waals surface area contributed by atoms with Crippen molar-refractivity contribution in [3.05, 3.63) is 46.4 Å². The summed E-state index contributed by atoms with van der Waals surface area (Å²) in [7, 11) is 7.28. The largest absolute Gasteiger partial charge is 0.495 e. The molecular formula is C21H25BrClN3O3S. The highest BCUT2D eigenvalue weighted by molar-refractivity contribution is 9.10. The number of carbonyl (C=O) groups is 1. The summed E-state index contributed by atoms with van der Waals surface area (Å²) >= 11 is 4.86. The first-order chi connectivity index (χ1) is 13.9. The Morgan fingerprint density at radius 1 is 1.03 bits per heavy atom. The van der Waals surface area contributed by atoms with E-state index in [1.165, 1.54) is 11.3 Å². The zero-order chi connectivity index (χ0) is 21.0. The van der Waals surface area contributed by atoms with Crippen molar-refractivity contribution in [2.24, 2.45) is 0 Å². The number of nitrogens with zero attached hydrogens (tertiary/aromatic N) is 3. The van der Waals surface area contributed by atoms with Crippen molar-refractivity contribution in [1.82, 2.24) is 9.88 Å². The van der Waals surface area contributed by atoms with Gasteiger partial charge in [0.2, 0.25) is 0 Å². The number of hydrogen-bond acceptors (Lipinski definition) is 6. The summed E-state index contributed by atoms with van der Waals surface area (Å²) in [6.07, 6.45) is 0.833. The summed E-state index contributed by atoms with van der Waals surface area (Å²) < 4.78 is 12.8. The normalized spacial score (nSPS) is 10.7. The topological polar surface area (TPSA) is 54.9 Å². The van der Waals surface area contributed by atoms with E-state index >= 15 is 0 Å². The molecule has 0 N–H and O–H groups in total. The van der Waals surface area contributed by atoms with Crippen LogP contribution in [0.2, 0.25) is 0 Å². The van der Waals surface area contributed by atoms with Crippen LogP contribution in [-0.2, 0) is 0 Å². The van der Waals surface area contributed by atoms with Crippen LogP contribution in [0.5, 0.6) is 11.5 Å². The number of ether oxygens (including phenoxy) is 2. The van der Waals surface area contributed by atoms with E-state index in [2.05, 4.69) is 20.8 Å². The molecule has 0 aliphatic carbocycles. The van der Waals surface area contributed by atoms with Crippen molar-refractivity contribution in [3.63, 3.8) is 0 Å². The predicted molar refractivity (Wildman–Crippen MR) is 129 cm³/mol. The van der Waals surface area contributed by atoms with Gasteiger partial charge in [-0.3, -0.25) is 9.69 Å². The maximum atomic E-state index is 13.3. The SMILES string of the molecule is COc1ccc(OC)c2sc(N(CCCN(C)C)C(=O)c3ccc(Br)cc3)nc12.Cl. The molecule has 162 valence electrons. The number of methoxy groups -OCH3 is 2. The van der Waals surface area contributed by atoms with Gasteiger partial charge >= 0.3 is 0 Å². The summed E-state index contributed by atoms with van der Waals surface area (Å²) in [5, 5.41) is 0.634. The number of hydrogen-bond donors (Lipinski definition) is 0. The summed E-state index contributed by atoms with van der Waals surface area (Å²) in [6.45, 7) is 1.44. The number of amides is 1. The Hall–Kier alpha value is -1.87. The van der Waals surface area contributed by atoms with E-state index in [-0.39, 0.29) is 18.3 Å². The first-order valence-electron chi connectivity index (χ1n) is 9.18. The minimum absolute atomic E-state index is 0. The second-order valence-electron chi connectivity index (χ2n) is 6.76. The second-order valence-corrected chi connectivity index (χ2v) is 8.66. The van der Waals surface area contributed by atoms with Crippen LogP contribution in [0.25, 0.3) is 10.2 Å². The van der Waals surface area contributed by atoms with Gasteiger partial charge in [-0.25, -0.2) is 4.98 Å². The number of rotatable bonds is 8. The van der Waals surface area contributed by atoms with E-state index in [1.54, 1.807) is 19.1 Å². The van der Waals surface area contributed by atoms with Gasteiger partial charge < -0.3 is 14.4 Å². The maximum Gasteiger partial charge on any atom is 0.260 e. The summed E-state index contributed by atoms with van der Waals surface area (Å²) in [5.74, 6) is 1.30. The molecule has 1 aromatic heterocycles. The minimum Gasteiger partial charge on any atom is -0.495 e. The maximum absolute atomic E-state index is 13.3. The summed E-state index contributed by atoms with van der Waals surface area (Å²) in [4.78, 5) is 21.9. The molecule has 0 bridgehead atoms. The van der Waals surface area contributed by atoms with E-state index in [0.717, 1.165) is 22.1 Å². The van der Waals surface area contributed by atoms with E-state index in [9.17, 15) is 4.79 Å². The lowest BCUT2D eigenvalue weighted by Crippen LogP contribution is -2.33. The summed E-state index contributed by atoms with van der Waals surface area (Å²) in [6, 6.07) is 11.1. The van der Waals surface area contributed by atoms with E-state index in [1.807, 2.05) is 50.5 Å². The van der Waals surface area contributed by atoms with Crippen LogP contribution in [0.3, 0.4) is 0 Å². The third kappa shape index (κ3) is 5.43. The molecular weight excluding hydrogens is 490 g/mol. The van der Waals surface area contributed by atoms with Crippen LogP contribution >= 0.6 is 39.7 Å². The van der Waals surface area contributed by atoms with Crippen molar-refractivity contribution in [2.45, 2.75) is 6.42 Å². The van der Waals surface area contributed by atoms with Crippen LogP contribution in [-0.4, -0.2) is 57.2 Å². The molecule has 0 spiro atoms. The second kappa shape index (κ2) is 10.9. The molecule has 0 saturated heterocycles. The van der Waals surface area contributed by atoms with Crippen molar-refractivity contribution < 1.29 is 14.3 Å². The van der Waals surface area contributed by atoms with Gasteiger partial charge in [0.1, 0.15) is 21.7 Å². The number of thiazole rings is 1. The van der Waals surface area contributed by atoms with Crippen molar-refractivity contribution in [1.29, 1.82) is 0 Å². The van der Waals surface area contributed by atoms with Gasteiger partial charge in [0.05, 0.1) is 14.2 Å². The van der Waals surface area contributed by atoms with Crippen molar-refractivity contribution in [3.8, 4) is 11.5 Å². The minimum atomic E-state index is -0.0757. The molecule has 0 unspecified atom stereocenters. The van der Waals surface area contributed by atoms with Gasteiger partial charge in [0.25, 0.3) is 5.91 Å². The highest BCUT2D eigenvalue weighted by Crippen LogP contribution is 2.40. The zero-order valence-electron chi connectivity index (χ0n) is 17.3. The Kier molecular flexibility index (Phi) is 8.91. The van der Waals surface area contributed by atoms with Gasteiger partial charge in [-0.2, -0.15) is 0 Å². The number of anilines is 1. The average Bonchev–Trinajstić information content (AvgIpc) is 3.15. The van der Waals surface area contributed by atoms with Gasteiger partial charge in [0.15, 0.2) is 5.13 Å². The van der Waals surface area contributed by atoms with E-state index in [4.69, 9.17) is 14.5 Å². The van der Waals surface area contributed by atoms with Crippen LogP contribution in [0, 0.1) is 0 Å². The van der Waals surface area contributed by atoms with Gasteiger partial charge in [0, 0.05) is 16.6 Å². The molecule has 0 radical (unpaired) electrons. The molecule has 30 heavy (non-hydrogen) atoms. The fourth-order valence-corrected chi connectivity index (χ4v) is 4.33. The molecule has 3 aromatic rings. The van der Waals surface area contributed by atoms with Crippen molar-refractivity contribution >= 4 is 60.9 Å². The fourth-order valence-electron chi connectivity index (χ4n) is 2.97. The molecule has 0 atom stereocenters. The Morgan fingerprint density at radius 2 is 1.67 bits per heavy atom. The first kappa shape index (κ1) is 24.4. The molecule has 0 aliphatic rings. The number of halogens is 2. The Balaban J connectivity index is 0.00000320. The van der Waals surface area contributed by atoms with Crippen molar-refractivity contribution in [2.75, 3.05) is 46.3 Å². The third-order valence-electron chi connectivity index (χ3n) is 4.45. The van der Waals surface area contributed by atoms with Gasteiger partial charge in [-0.1, -0.05) is 27.3 Å². The van der Waals surface area contributed by atoms with Crippen LogP contribution in [0.15, 0.2) is 40.9 Å². The Morgan fingerprint density at radius 3 is 2.27 bits per heavy atom. The Bertz CT molecular complexity index is 954. The highest BCUT2D eigenvalue weighted by atomic mass is 79.9. The van der Waals surface area contributed by atoms with Crippen LogP contribution < -0.4 is 14.4 Å². The van der Waals surface area contributed by atoms with E-state index < -0.39 is 0 Å². The number of aromatic nitrogens is 1. The highest BCUT2D eigenvalue weighted by Gasteiger charge is 2.23. The fraction of sp³-hybridized carbons (Fsp3) is 0.333. The molecule has 1 amide bonds. The molecule has 3 rings (SSSR count).